The molecule has 46 heavy (non-hydrogen) atoms. The molecule has 2 atom stereocenters. The van der Waals surface area contributed by atoms with Crippen LogP contribution in [0.4, 0.5) is 0 Å². The topological polar surface area (TPSA) is 0 Å². The van der Waals surface area contributed by atoms with Crippen LogP contribution in [0.3, 0.4) is 0 Å². The van der Waals surface area contributed by atoms with Crippen LogP contribution >= 0.6 is 22.2 Å². The van der Waals surface area contributed by atoms with Crippen LogP contribution in [0.15, 0.2) is 132 Å². The molecule has 0 saturated heterocycles. The maximum atomic E-state index is 5.43. The Morgan fingerprint density at radius 1 is 0.478 bits per heavy atom. The summed E-state index contributed by atoms with van der Waals surface area (Å²) in [6.07, 6.45) is 5.00. The van der Waals surface area contributed by atoms with Gasteiger partial charge in [0.1, 0.15) is 0 Å². The Morgan fingerprint density at radius 2 is 0.826 bits per heavy atom. The van der Waals surface area contributed by atoms with Gasteiger partial charge < -0.3 is 0 Å². The maximum Gasteiger partial charge on any atom is 0.245 e. The molecule has 2 aliphatic rings. The van der Waals surface area contributed by atoms with E-state index in [0.717, 1.165) is 0 Å². The Bertz CT molecular complexity index is 2010. The summed E-state index contributed by atoms with van der Waals surface area (Å²) < 4.78 is 1.17. The van der Waals surface area contributed by atoms with Gasteiger partial charge in [-0.25, -0.2) is 0 Å². The van der Waals surface area contributed by atoms with Gasteiger partial charge in [0.05, 0.1) is 0 Å². The third kappa shape index (κ3) is 6.18. The summed E-state index contributed by atoms with van der Waals surface area (Å²) >= 11 is 9.94. The van der Waals surface area contributed by atoms with Gasteiger partial charge in [-0.3, -0.25) is 0 Å². The quantitative estimate of drug-likeness (QED) is 0.125. The average molecular weight is 731 g/mol. The van der Waals surface area contributed by atoms with E-state index < -0.39 is 29.9 Å². The Balaban J connectivity index is 0.000000630. The fourth-order valence-corrected chi connectivity index (χ4v) is 11.7. The molecule has 0 heterocycles. The van der Waals surface area contributed by atoms with Crippen molar-refractivity contribution >= 4 is 62.5 Å². The van der Waals surface area contributed by atoms with Gasteiger partial charge in [-0.2, -0.15) is 0 Å². The molecule has 0 spiro atoms. The number of rotatable bonds is 4. The fraction of sp³-hybridized carbons (Fsp3) is 0.143. The van der Waals surface area contributed by atoms with Gasteiger partial charge in [0.2, 0.25) is 6.69 Å². The van der Waals surface area contributed by atoms with E-state index >= 15 is 0 Å². The number of benzene rings is 6. The van der Waals surface area contributed by atoms with Crippen LogP contribution in [0.25, 0.3) is 56.0 Å². The molecule has 0 nitrogen and oxygen atoms in total. The first-order chi connectivity index (χ1) is 22.2. The van der Waals surface area contributed by atoms with Crippen LogP contribution in [0, 0.1) is 0 Å². The Morgan fingerprint density at radius 3 is 1.26 bits per heavy atom. The Hall–Kier alpha value is -3.00. The zero-order chi connectivity index (χ0) is 32.0. The van der Waals surface area contributed by atoms with Crippen molar-refractivity contribution in [1.82, 2.24) is 0 Å². The van der Waals surface area contributed by atoms with Crippen LogP contribution in [-0.2, 0) is 23.2 Å². The smallest absolute Gasteiger partial charge is 0.146 e. The minimum Gasteiger partial charge on any atom is -0.146 e. The summed E-state index contributed by atoms with van der Waals surface area (Å²) in [5.74, 6) is 0. The largest absolute Gasteiger partial charge is 0.245 e. The third-order valence-corrected chi connectivity index (χ3v) is 14.5. The Kier molecular flexibility index (Phi) is 8.85. The van der Waals surface area contributed by atoms with Gasteiger partial charge in [-0.05, 0) is 13.1 Å². The molecule has 6 aromatic rings. The van der Waals surface area contributed by atoms with Crippen molar-refractivity contribution in [2.75, 3.05) is 0 Å². The number of allylic oxidation sites excluding steroid dienone is 2. The zero-order valence-corrected chi connectivity index (χ0v) is 31.6. The van der Waals surface area contributed by atoms with Crippen LogP contribution in [0.1, 0.15) is 43.4 Å². The minimum atomic E-state index is -1.67. The number of fused-ring (bicyclic) bond motifs is 4. The van der Waals surface area contributed by atoms with Crippen molar-refractivity contribution in [1.29, 1.82) is 0 Å². The number of halogens is 2. The predicted octanol–water partition coefficient (Wildman–Crippen LogP) is 13.2. The summed E-state index contributed by atoms with van der Waals surface area (Å²) in [7, 11) is 0. The van der Waals surface area contributed by atoms with Gasteiger partial charge in [0.25, 0.3) is 0 Å². The van der Waals surface area contributed by atoms with E-state index in [4.69, 9.17) is 22.2 Å². The van der Waals surface area contributed by atoms with Crippen molar-refractivity contribution in [3.63, 3.8) is 0 Å². The van der Waals surface area contributed by atoms with E-state index in [1.807, 2.05) is 13.1 Å². The van der Waals surface area contributed by atoms with E-state index in [1.165, 1.54) is 54.9 Å². The van der Waals surface area contributed by atoms with Gasteiger partial charge in [-0.15, -0.1) is 22.2 Å². The molecular formula is C42H36Cl2SiZr. The van der Waals surface area contributed by atoms with E-state index in [-0.39, 0.29) is 0 Å². The summed E-state index contributed by atoms with van der Waals surface area (Å²) in [5, 5.41) is 5.28. The van der Waals surface area contributed by atoms with Crippen LogP contribution < -0.4 is 0 Å². The maximum absolute atomic E-state index is 5.43. The van der Waals surface area contributed by atoms with Gasteiger partial charge in [0.15, 0.2) is 0 Å². The van der Waals surface area contributed by atoms with Gasteiger partial charge in [-0.1, -0.05) is 0 Å². The molecule has 0 N–H and O–H groups in total. The second kappa shape index (κ2) is 12.9. The third-order valence-electron chi connectivity index (χ3n) is 9.05. The van der Waals surface area contributed by atoms with Crippen molar-refractivity contribution in [2.24, 2.45) is 0 Å². The van der Waals surface area contributed by atoms with Crippen molar-refractivity contribution in [3.05, 3.63) is 155 Å². The van der Waals surface area contributed by atoms with Crippen LogP contribution in [-0.4, -0.2) is 6.69 Å². The average Bonchev–Trinajstić information content (AvgIpc) is 3.54. The fourth-order valence-electron chi connectivity index (χ4n) is 7.10. The Labute approximate surface area is 294 Å². The number of hydrogen-bond donors (Lipinski definition) is 0. The molecule has 2 unspecified atom stereocenters. The molecule has 4 heteroatoms. The second-order valence-corrected chi connectivity index (χ2v) is 25.4. The second-order valence-electron chi connectivity index (χ2n) is 12.8. The molecule has 2 aliphatic carbocycles. The van der Waals surface area contributed by atoms with Crippen molar-refractivity contribution in [3.8, 4) is 22.3 Å². The van der Waals surface area contributed by atoms with Crippen LogP contribution in [0.2, 0.25) is 13.1 Å². The SMILES string of the molecule is CC1=Cc2c(-c3cccc4ccccc34)cccc2[CH]1[Zr][CH]1C(C)=Cc2c(-c3cccc4ccccc34)cccc21.C[Si](C)(Cl)Cl. The first-order valence-electron chi connectivity index (χ1n) is 15.9. The number of hydrogen-bond acceptors (Lipinski definition) is 0. The standard InChI is InChI=1S/2C20H15.C2H6Cl2Si.Zr/c2*1-14-12-16-8-5-11-19(20(16)13-14)18-10-4-7-15-6-2-3-9-17(15)18;1-5(2,3)4;/h2*2-13H,1H3;1-2H3;. The molecule has 6 aromatic carbocycles. The molecule has 226 valence electrons. The normalized spacial score (nSPS) is 16.7. The van der Waals surface area contributed by atoms with E-state index in [2.05, 4.69) is 147 Å². The van der Waals surface area contributed by atoms with E-state index in [9.17, 15) is 0 Å². The molecular weight excluding hydrogens is 695 g/mol. The first kappa shape index (κ1) is 31.6. The summed E-state index contributed by atoms with van der Waals surface area (Å²) in [5.41, 5.74) is 14.5. The molecule has 0 fully saturated rings. The predicted molar refractivity (Wildman–Crippen MR) is 201 cm³/mol. The monoisotopic (exact) mass is 728 g/mol. The molecule has 0 aliphatic heterocycles. The molecule has 0 radical (unpaired) electrons. The zero-order valence-electron chi connectivity index (χ0n) is 26.6. The van der Waals surface area contributed by atoms with Crippen molar-refractivity contribution in [2.45, 2.75) is 34.2 Å². The minimum absolute atomic E-state index is 0.587. The van der Waals surface area contributed by atoms with Crippen molar-refractivity contribution < 1.29 is 23.2 Å². The molecule has 8 rings (SSSR count). The molecule has 0 amide bonds. The molecule has 0 bridgehead atoms. The van der Waals surface area contributed by atoms with Gasteiger partial charge >= 0.3 is 255 Å². The van der Waals surface area contributed by atoms with Gasteiger partial charge in [0, 0.05) is 0 Å². The molecule has 0 saturated carbocycles. The van der Waals surface area contributed by atoms with E-state index in [0.29, 0.717) is 7.25 Å². The summed E-state index contributed by atoms with van der Waals surface area (Å²) in [6.45, 7) is 6.80. The van der Waals surface area contributed by atoms with Crippen LogP contribution in [0.5, 0.6) is 0 Å². The van der Waals surface area contributed by atoms with E-state index in [1.54, 1.807) is 22.3 Å². The first-order valence-corrected chi connectivity index (χ1v) is 23.8. The summed E-state index contributed by atoms with van der Waals surface area (Å²) in [6, 6.07) is 45.0. The summed E-state index contributed by atoms with van der Waals surface area (Å²) in [4.78, 5) is 0. The molecule has 0 aromatic heterocycles.